The van der Waals surface area contributed by atoms with Gasteiger partial charge in [-0.3, -0.25) is 9.10 Å². The monoisotopic (exact) mass is 488 g/mol. The van der Waals surface area contributed by atoms with E-state index in [1.807, 2.05) is 38.1 Å². The Kier molecular flexibility index (Phi) is 6.91. The largest absolute Gasteiger partial charge is 0.389 e. The van der Waals surface area contributed by atoms with E-state index < -0.39 is 28.6 Å². The molecule has 0 aliphatic rings. The van der Waals surface area contributed by atoms with E-state index in [1.54, 1.807) is 67.6 Å². The number of sulfonamides is 1. The number of hydrogen-bond donors (Lipinski definition) is 2. The van der Waals surface area contributed by atoms with E-state index in [9.17, 15) is 18.3 Å². The van der Waals surface area contributed by atoms with Crippen LogP contribution in [-0.4, -0.2) is 26.0 Å². The molecule has 0 aliphatic carbocycles. The van der Waals surface area contributed by atoms with Crippen LogP contribution >= 0.6 is 0 Å². The second kappa shape index (κ2) is 9.90. The molecule has 0 aromatic heterocycles. The minimum absolute atomic E-state index is 0.144. The predicted octanol–water partition coefficient (Wildman–Crippen LogP) is 5.34. The van der Waals surface area contributed by atoms with E-state index in [1.165, 1.54) is 4.31 Å². The number of aryl methyl sites for hydroxylation is 1. The number of rotatable bonds is 7. The Morgan fingerprint density at radius 3 is 2.29 bits per heavy atom. The zero-order valence-electron chi connectivity index (χ0n) is 19.9. The summed E-state index contributed by atoms with van der Waals surface area (Å²) in [7, 11) is -4.09. The summed E-state index contributed by atoms with van der Waals surface area (Å²) in [6.07, 6.45) is -0.620. The molecule has 0 fully saturated rings. The van der Waals surface area contributed by atoms with Gasteiger partial charge in [-0.2, -0.15) is 0 Å². The molecule has 0 bridgehead atoms. The summed E-state index contributed by atoms with van der Waals surface area (Å²) in [6.45, 7) is 5.02. The maximum absolute atomic E-state index is 14.0. The highest BCUT2D eigenvalue weighted by Gasteiger charge is 2.30. The number of carbonyl (C=O) groups is 1. The predicted molar refractivity (Wildman–Crippen MR) is 140 cm³/mol. The van der Waals surface area contributed by atoms with Crippen LogP contribution in [0.25, 0.3) is 10.8 Å². The van der Waals surface area contributed by atoms with Gasteiger partial charge in [-0.1, -0.05) is 60.7 Å². The molecule has 1 atom stereocenters. The lowest BCUT2D eigenvalue weighted by atomic mass is 10.1. The Bertz CT molecular complexity index is 1470. The van der Waals surface area contributed by atoms with Crippen molar-refractivity contribution in [3.05, 3.63) is 102 Å². The third kappa shape index (κ3) is 5.06. The van der Waals surface area contributed by atoms with Gasteiger partial charge >= 0.3 is 0 Å². The summed E-state index contributed by atoms with van der Waals surface area (Å²) in [5.74, 6) is -0.473. The highest BCUT2D eigenvalue weighted by molar-refractivity contribution is 7.93. The zero-order chi connectivity index (χ0) is 25.2. The second-order valence-electron chi connectivity index (χ2n) is 8.55. The first-order chi connectivity index (χ1) is 16.7. The maximum atomic E-state index is 14.0. The first-order valence-corrected chi connectivity index (χ1v) is 12.8. The molecular formula is C28H28N2O4S. The number of carbonyl (C=O) groups excluding carboxylic acids is 1. The summed E-state index contributed by atoms with van der Waals surface area (Å²) in [6, 6.07) is 24.6. The number of aliphatic hydroxyl groups excluding tert-OH is 1. The van der Waals surface area contributed by atoms with Gasteiger partial charge in [-0.05, 0) is 67.1 Å². The van der Waals surface area contributed by atoms with Crippen LogP contribution < -0.4 is 9.62 Å². The fourth-order valence-electron chi connectivity index (χ4n) is 4.02. The highest BCUT2D eigenvalue weighted by Crippen LogP contribution is 2.32. The van der Waals surface area contributed by atoms with Gasteiger partial charge in [-0.15, -0.1) is 0 Å². The third-order valence-electron chi connectivity index (χ3n) is 6.13. The van der Waals surface area contributed by atoms with Crippen LogP contribution in [0.1, 0.15) is 29.7 Å². The van der Waals surface area contributed by atoms with Crippen LogP contribution in [-0.2, 0) is 14.8 Å². The fourth-order valence-corrected chi connectivity index (χ4v) is 5.72. The topological polar surface area (TPSA) is 86.7 Å². The van der Waals surface area contributed by atoms with Crippen molar-refractivity contribution in [1.29, 1.82) is 0 Å². The quantitative estimate of drug-likeness (QED) is 0.367. The van der Waals surface area contributed by atoms with Crippen molar-refractivity contribution < 1.29 is 18.3 Å². The van der Waals surface area contributed by atoms with Crippen molar-refractivity contribution in [3.8, 4) is 0 Å². The Labute approximate surface area is 205 Å². The smallest absolute Gasteiger partial charge is 0.265 e. The summed E-state index contributed by atoms with van der Waals surface area (Å²) in [5, 5.41) is 13.9. The lowest BCUT2D eigenvalue weighted by Gasteiger charge is -2.27. The molecule has 6 nitrogen and oxygen atoms in total. The van der Waals surface area contributed by atoms with Crippen LogP contribution in [0.3, 0.4) is 0 Å². The van der Waals surface area contributed by atoms with E-state index in [0.29, 0.717) is 16.8 Å². The van der Waals surface area contributed by atoms with Crippen LogP contribution in [0, 0.1) is 13.8 Å². The molecule has 1 amide bonds. The van der Waals surface area contributed by atoms with Crippen molar-refractivity contribution in [2.24, 2.45) is 0 Å². The number of fused-ring (bicyclic) bond motifs is 1. The molecule has 0 spiro atoms. The van der Waals surface area contributed by atoms with Crippen LogP contribution in [0.5, 0.6) is 0 Å². The molecule has 0 heterocycles. The van der Waals surface area contributed by atoms with Gasteiger partial charge < -0.3 is 10.4 Å². The van der Waals surface area contributed by atoms with E-state index in [-0.39, 0.29) is 4.90 Å². The van der Waals surface area contributed by atoms with Gasteiger partial charge in [0, 0.05) is 11.1 Å². The molecule has 4 rings (SSSR count). The molecule has 0 saturated heterocycles. The Hall–Kier alpha value is -3.68. The van der Waals surface area contributed by atoms with E-state index in [4.69, 9.17) is 0 Å². The molecule has 4 aromatic rings. The van der Waals surface area contributed by atoms with E-state index in [0.717, 1.165) is 22.1 Å². The number of nitrogens with zero attached hydrogens (tertiary/aromatic N) is 1. The molecule has 7 heteroatoms. The summed E-state index contributed by atoms with van der Waals surface area (Å²) >= 11 is 0. The van der Waals surface area contributed by atoms with Crippen LogP contribution in [0.2, 0.25) is 0 Å². The molecule has 2 N–H and O–H groups in total. The van der Waals surface area contributed by atoms with Crippen molar-refractivity contribution >= 4 is 38.1 Å². The standard InChI is InChI=1S/C28H28N2O4S/c1-19-8-6-12-26(20(19)2)30(18-28(32)29-24-16-14-22(15-17-24)21(3)31)35(33,34)27-13-7-10-23-9-4-5-11-25(23)27/h4-17,21,31H,18H2,1-3H3,(H,29,32). The van der Waals surface area contributed by atoms with Gasteiger partial charge in [0.1, 0.15) is 6.54 Å². The number of benzene rings is 4. The number of amides is 1. The van der Waals surface area contributed by atoms with Gasteiger partial charge in [0.05, 0.1) is 16.7 Å². The molecule has 180 valence electrons. The second-order valence-corrected chi connectivity index (χ2v) is 10.4. The van der Waals surface area contributed by atoms with Gasteiger partial charge in [0.15, 0.2) is 0 Å². The highest BCUT2D eigenvalue weighted by atomic mass is 32.2. The number of nitrogens with one attached hydrogen (secondary N) is 1. The van der Waals surface area contributed by atoms with Crippen molar-refractivity contribution in [1.82, 2.24) is 0 Å². The van der Waals surface area contributed by atoms with E-state index in [2.05, 4.69) is 5.32 Å². The lowest BCUT2D eigenvalue weighted by molar-refractivity contribution is -0.114. The number of aliphatic hydroxyl groups is 1. The number of anilines is 2. The van der Waals surface area contributed by atoms with Crippen molar-refractivity contribution in [2.75, 3.05) is 16.2 Å². The SMILES string of the molecule is Cc1cccc(N(CC(=O)Nc2ccc(C(C)O)cc2)S(=O)(=O)c2cccc3ccccc23)c1C. The average Bonchev–Trinajstić information content (AvgIpc) is 2.84. The van der Waals surface area contributed by atoms with Crippen LogP contribution in [0.4, 0.5) is 11.4 Å². The molecular weight excluding hydrogens is 460 g/mol. The Morgan fingerprint density at radius 2 is 1.57 bits per heavy atom. The zero-order valence-corrected chi connectivity index (χ0v) is 20.7. The fraction of sp³-hybridized carbons (Fsp3) is 0.179. The first kappa shape index (κ1) is 24.4. The van der Waals surface area contributed by atoms with Crippen molar-refractivity contribution in [3.63, 3.8) is 0 Å². The van der Waals surface area contributed by atoms with Crippen LogP contribution in [0.15, 0.2) is 89.8 Å². The maximum Gasteiger partial charge on any atom is 0.265 e. The minimum atomic E-state index is -4.09. The molecule has 0 aliphatic heterocycles. The summed E-state index contributed by atoms with van der Waals surface area (Å²) in [4.78, 5) is 13.2. The summed E-state index contributed by atoms with van der Waals surface area (Å²) < 4.78 is 29.2. The third-order valence-corrected chi connectivity index (χ3v) is 7.94. The molecule has 4 aromatic carbocycles. The molecule has 1 unspecified atom stereocenters. The van der Waals surface area contributed by atoms with E-state index >= 15 is 0 Å². The Balaban J connectivity index is 1.74. The lowest BCUT2D eigenvalue weighted by Crippen LogP contribution is -2.38. The average molecular weight is 489 g/mol. The van der Waals surface area contributed by atoms with Gasteiger partial charge in [-0.25, -0.2) is 8.42 Å². The number of hydrogen-bond acceptors (Lipinski definition) is 4. The minimum Gasteiger partial charge on any atom is -0.389 e. The molecule has 0 saturated carbocycles. The summed E-state index contributed by atoms with van der Waals surface area (Å²) in [5.41, 5.74) is 3.40. The van der Waals surface area contributed by atoms with Gasteiger partial charge in [0.2, 0.25) is 5.91 Å². The Morgan fingerprint density at radius 1 is 0.914 bits per heavy atom. The molecule has 0 radical (unpaired) electrons. The normalized spacial score (nSPS) is 12.3. The van der Waals surface area contributed by atoms with Gasteiger partial charge in [0.25, 0.3) is 10.0 Å². The van der Waals surface area contributed by atoms with Crippen molar-refractivity contribution in [2.45, 2.75) is 31.8 Å². The molecule has 35 heavy (non-hydrogen) atoms. The first-order valence-electron chi connectivity index (χ1n) is 11.3.